The van der Waals surface area contributed by atoms with E-state index in [0.717, 1.165) is 18.4 Å². The quantitative estimate of drug-likeness (QED) is 0.283. The minimum Gasteiger partial charge on any atom is -0.460 e. The molecule has 2 aromatic heterocycles. The third kappa shape index (κ3) is 4.65. The van der Waals surface area contributed by atoms with Gasteiger partial charge in [-0.25, -0.2) is 0 Å². The number of hydrogen-bond acceptors (Lipinski definition) is 5. The standard InChI is InChI=1S/C24H16Cl3N3O2/c25-15-5-3-14(4-6-15)21-22(19-10-7-16(26)12-20(19)27)29-24(32-17-8-9-17)30-23(21)31-18-2-1-11-28-13-18/h1-7,10-13,17H,8-9H2. The first-order valence-electron chi connectivity index (χ1n) is 9.95. The van der Waals surface area contributed by atoms with Gasteiger partial charge in [0.25, 0.3) is 0 Å². The Morgan fingerprint density at radius 2 is 1.66 bits per heavy atom. The normalized spacial score (nSPS) is 13.1. The Morgan fingerprint density at radius 1 is 0.875 bits per heavy atom. The first-order chi connectivity index (χ1) is 15.6. The van der Waals surface area contributed by atoms with Gasteiger partial charge in [-0.3, -0.25) is 4.98 Å². The molecular formula is C24H16Cl3N3O2. The minimum atomic E-state index is 0.108. The van der Waals surface area contributed by atoms with Crippen molar-refractivity contribution in [1.29, 1.82) is 0 Å². The SMILES string of the molecule is Clc1ccc(-c2c(Oc3cccnc3)nc(OC3CC3)nc2-c2ccc(Cl)cc2Cl)cc1. The van der Waals surface area contributed by atoms with Crippen LogP contribution in [0.15, 0.2) is 67.0 Å². The summed E-state index contributed by atoms with van der Waals surface area (Å²) < 4.78 is 12.1. The zero-order valence-electron chi connectivity index (χ0n) is 16.6. The summed E-state index contributed by atoms with van der Waals surface area (Å²) in [4.78, 5) is 13.4. The lowest BCUT2D eigenvalue weighted by Crippen LogP contribution is -2.05. The van der Waals surface area contributed by atoms with E-state index >= 15 is 0 Å². The molecular weight excluding hydrogens is 469 g/mol. The van der Waals surface area contributed by atoms with Crippen LogP contribution in [-0.2, 0) is 0 Å². The van der Waals surface area contributed by atoms with E-state index in [1.165, 1.54) is 0 Å². The topological polar surface area (TPSA) is 57.1 Å². The molecule has 1 fully saturated rings. The van der Waals surface area contributed by atoms with Crippen molar-refractivity contribution < 1.29 is 9.47 Å². The van der Waals surface area contributed by atoms with Crippen LogP contribution < -0.4 is 9.47 Å². The highest BCUT2D eigenvalue weighted by atomic mass is 35.5. The first-order valence-corrected chi connectivity index (χ1v) is 11.1. The number of aromatic nitrogens is 3. The van der Waals surface area contributed by atoms with Crippen LogP contribution in [0.1, 0.15) is 12.8 Å². The molecule has 8 heteroatoms. The van der Waals surface area contributed by atoms with E-state index in [9.17, 15) is 0 Å². The Balaban J connectivity index is 1.75. The molecule has 0 unspecified atom stereocenters. The average molecular weight is 485 g/mol. The molecule has 160 valence electrons. The number of halogens is 3. The summed E-state index contributed by atoms with van der Waals surface area (Å²) in [5.41, 5.74) is 2.71. The second-order valence-corrected chi connectivity index (χ2v) is 8.55. The monoisotopic (exact) mass is 483 g/mol. The van der Waals surface area contributed by atoms with Gasteiger partial charge in [-0.05, 0) is 60.9 Å². The Hall–Kier alpha value is -2.86. The predicted octanol–water partition coefficient (Wildman–Crippen LogP) is 7.50. The van der Waals surface area contributed by atoms with Gasteiger partial charge in [0.2, 0.25) is 5.88 Å². The highest BCUT2D eigenvalue weighted by Crippen LogP contribution is 2.43. The molecule has 0 N–H and O–H groups in total. The molecule has 0 aliphatic heterocycles. The van der Waals surface area contributed by atoms with Gasteiger partial charge in [-0.1, -0.05) is 46.9 Å². The third-order valence-electron chi connectivity index (χ3n) is 4.82. The van der Waals surface area contributed by atoms with Crippen LogP contribution in [0.25, 0.3) is 22.4 Å². The molecule has 5 rings (SSSR count). The predicted molar refractivity (Wildman–Crippen MR) is 126 cm³/mol. The summed E-state index contributed by atoms with van der Waals surface area (Å²) >= 11 is 18.8. The largest absolute Gasteiger partial charge is 0.460 e. The smallest absolute Gasteiger partial charge is 0.320 e. The van der Waals surface area contributed by atoms with E-state index in [4.69, 9.17) is 49.3 Å². The molecule has 32 heavy (non-hydrogen) atoms. The fourth-order valence-electron chi connectivity index (χ4n) is 3.15. The second-order valence-electron chi connectivity index (χ2n) is 7.27. The zero-order valence-corrected chi connectivity index (χ0v) is 18.9. The van der Waals surface area contributed by atoms with Crippen LogP contribution in [0.2, 0.25) is 15.1 Å². The molecule has 4 aromatic rings. The van der Waals surface area contributed by atoms with Crippen molar-refractivity contribution in [2.24, 2.45) is 0 Å². The maximum Gasteiger partial charge on any atom is 0.320 e. The number of ether oxygens (including phenoxy) is 2. The van der Waals surface area contributed by atoms with Crippen molar-refractivity contribution in [2.75, 3.05) is 0 Å². The van der Waals surface area contributed by atoms with Crippen LogP contribution >= 0.6 is 34.8 Å². The summed E-state index contributed by atoms with van der Waals surface area (Å²) in [6.45, 7) is 0. The van der Waals surface area contributed by atoms with Crippen molar-refractivity contribution in [2.45, 2.75) is 18.9 Å². The van der Waals surface area contributed by atoms with Crippen LogP contribution in [-0.4, -0.2) is 21.1 Å². The summed E-state index contributed by atoms with van der Waals surface area (Å²) in [6, 6.07) is 16.4. The van der Waals surface area contributed by atoms with Gasteiger partial charge < -0.3 is 9.47 Å². The van der Waals surface area contributed by atoms with E-state index in [1.807, 2.05) is 18.2 Å². The Bertz CT molecular complexity index is 1260. The van der Waals surface area contributed by atoms with Crippen molar-refractivity contribution in [3.63, 3.8) is 0 Å². The molecule has 2 heterocycles. The van der Waals surface area contributed by atoms with E-state index < -0.39 is 0 Å². The number of benzene rings is 2. The van der Waals surface area contributed by atoms with Crippen molar-refractivity contribution in [3.8, 4) is 40.0 Å². The van der Waals surface area contributed by atoms with Gasteiger partial charge in [-0.15, -0.1) is 0 Å². The van der Waals surface area contributed by atoms with E-state index in [0.29, 0.717) is 43.5 Å². The number of hydrogen-bond donors (Lipinski definition) is 0. The number of rotatable bonds is 6. The fraction of sp³-hybridized carbons (Fsp3) is 0.125. The summed E-state index contributed by atoms with van der Waals surface area (Å²) in [5.74, 6) is 0.860. The number of pyridine rings is 1. The Kier molecular flexibility index (Phi) is 5.87. The molecule has 1 aliphatic carbocycles. The van der Waals surface area contributed by atoms with Crippen molar-refractivity contribution >= 4 is 34.8 Å². The highest BCUT2D eigenvalue weighted by molar-refractivity contribution is 6.36. The van der Waals surface area contributed by atoms with Crippen LogP contribution in [0, 0.1) is 0 Å². The average Bonchev–Trinajstić information content (AvgIpc) is 3.59. The molecule has 0 radical (unpaired) electrons. The molecule has 1 saturated carbocycles. The van der Waals surface area contributed by atoms with E-state index in [2.05, 4.69) is 9.97 Å². The lowest BCUT2D eigenvalue weighted by atomic mass is 10.00. The zero-order chi connectivity index (χ0) is 22.1. The molecule has 0 saturated heterocycles. The maximum atomic E-state index is 6.57. The molecule has 2 aromatic carbocycles. The summed E-state index contributed by atoms with van der Waals surface area (Å²) in [7, 11) is 0. The lowest BCUT2D eigenvalue weighted by Gasteiger charge is -2.17. The van der Waals surface area contributed by atoms with Crippen LogP contribution in [0.4, 0.5) is 0 Å². The molecule has 0 atom stereocenters. The third-order valence-corrected chi connectivity index (χ3v) is 5.62. The van der Waals surface area contributed by atoms with Gasteiger partial charge in [-0.2, -0.15) is 9.97 Å². The molecule has 5 nitrogen and oxygen atoms in total. The highest BCUT2D eigenvalue weighted by Gasteiger charge is 2.28. The van der Waals surface area contributed by atoms with Crippen LogP contribution in [0.3, 0.4) is 0 Å². The molecule has 1 aliphatic rings. The first kappa shape index (κ1) is 21.0. The Morgan fingerprint density at radius 3 is 2.34 bits per heavy atom. The van der Waals surface area contributed by atoms with Gasteiger partial charge in [0.1, 0.15) is 11.9 Å². The lowest BCUT2D eigenvalue weighted by molar-refractivity contribution is 0.274. The van der Waals surface area contributed by atoms with E-state index in [-0.39, 0.29) is 12.1 Å². The van der Waals surface area contributed by atoms with Gasteiger partial charge >= 0.3 is 6.01 Å². The summed E-state index contributed by atoms with van der Waals surface area (Å²) in [5, 5.41) is 1.60. The van der Waals surface area contributed by atoms with Gasteiger partial charge in [0, 0.05) is 21.8 Å². The molecule has 0 bridgehead atoms. The molecule has 0 amide bonds. The van der Waals surface area contributed by atoms with E-state index in [1.54, 1.807) is 48.8 Å². The fourth-order valence-corrected chi connectivity index (χ4v) is 3.78. The maximum absolute atomic E-state index is 6.57. The number of nitrogens with zero attached hydrogens (tertiary/aromatic N) is 3. The second kappa shape index (κ2) is 8.94. The summed E-state index contributed by atoms with van der Waals surface area (Å²) in [6.07, 6.45) is 5.34. The van der Waals surface area contributed by atoms with Crippen molar-refractivity contribution in [3.05, 3.63) is 82.1 Å². The van der Waals surface area contributed by atoms with Crippen molar-refractivity contribution in [1.82, 2.24) is 15.0 Å². The van der Waals surface area contributed by atoms with Gasteiger partial charge in [0.05, 0.1) is 22.5 Å². The Labute approximate surface area is 199 Å². The van der Waals surface area contributed by atoms with Gasteiger partial charge in [0.15, 0.2) is 0 Å². The van der Waals surface area contributed by atoms with Crippen LogP contribution in [0.5, 0.6) is 17.6 Å². The molecule has 0 spiro atoms. The minimum absolute atomic E-state index is 0.108.